The fourth-order valence-electron chi connectivity index (χ4n) is 5.90. The number of nitrogens with one attached hydrogen (secondary N) is 1. The van der Waals surface area contributed by atoms with Crippen LogP contribution in [0, 0.1) is 0 Å². The summed E-state index contributed by atoms with van der Waals surface area (Å²) in [7, 11) is 0. The maximum absolute atomic E-state index is 13.6. The first kappa shape index (κ1) is 27.9. The van der Waals surface area contributed by atoms with Crippen molar-refractivity contribution in [3.8, 4) is 11.1 Å². The summed E-state index contributed by atoms with van der Waals surface area (Å²) in [5.74, 6) is -0.296. The van der Waals surface area contributed by atoms with Crippen LogP contribution in [0.2, 0.25) is 0 Å². The van der Waals surface area contributed by atoms with Crippen molar-refractivity contribution in [3.63, 3.8) is 0 Å². The van der Waals surface area contributed by atoms with Crippen LogP contribution < -0.4 is 5.32 Å². The Kier molecular flexibility index (Phi) is 7.44. The Labute approximate surface area is 244 Å². The summed E-state index contributed by atoms with van der Waals surface area (Å²) in [4.78, 5) is 30.5. The third kappa shape index (κ3) is 5.48. The van der Waals surface area contributed by atoms with Gasteiger partial charge >= 0.3 is 6.09 Å². The smallest absolute Gasteiger partial charge is 0.407 e. The average molecular weight is 572 g/mol. The Bertz CT molecular complexity index is 1590. The first-order chi connectivity index (χ1) is 20.2. The second kappa shape index (κ2) is 11.2. The fraction of sp³-hybridized carbons (Fsp3) is 0.452. The number of benzene rings is 1. The Balaban J connectivity index is 1.41. The van der Waals surface area contributed by atoms with E-state index in [2.05, 4.69) is 43.3 Å². The third-order valence-corrected chi connectivity index (χ3v) is 8.15. The van der Waals surface area contributed by atoms with Gasteiger partial charge in [0.1, 0.15) is 0 Å². The van der Waals surface area contributed by atoms with Crippen molar-refractivity contribution in [2.75, 3.05) is 25.0 Å². The van der Waals surface area contributed by atoms with Crippen LogP contribution in [-0.4, -0.2) is 66.2 Å². The molecule has 1 unspecified atom stereocenters. The van der Waals surface area contributed by atoms with E-state index in [0.717, 1.165) is 47.0 Å². The highest BCUT2D eigenvalue weighted by molar-refractivity contribution is 6.11. The molecule has 4 aromatic rings. The fourth-order valence-corrected chi connectivity index (χ4v) is 5.90. The van der Waals surface area contributed by atoms with E-state index in [0.29, 0.717) is 43.9 Å². The van der Waals surface area contributed by atoms with E-state index < -0.39 is 6.09 Å². The molecule has 2 aliphatic heterocycles. The maximum atomic E-state index is 13.6. The molecule has 220 valence electrons. The number of nitrogens with zero attached hydrogens (tertiary/aromatic N) is 6. The third-order valence-electron chi connectivity index (χ3n) is 8.15. The highest BCUT2D eigenvalue weighted by Crippen LogP contribution is 2.37. The molecule has 0 saturated carbocycles. The lowest BCUT2D eigenvalue weighted by Gasteiger charge is -2.30. The summed E-state index contributed by atoms with van der Waals surface area (Å²) in [5.41, 5.74) is 4.48. The number of pyridine rings is 1. The summed E-state index contributed by atoms with van der Waals surface area (Å²) in [6.07, 6.45) is 8.58. The molecule has 2 saturated heterocycles. The van der Waals surface area contributed by atoms with Crippen LogP contribution in [0.5, 0.6) is 0 Å². The van der Waals surface area contributed by atoms with Crippen molar-refractivity contribution in [3.05, 3.63) is 60.3 Å². The lowest BCUT2D eigenvalue weighted by molar-refractivity contribution is -0.0367. The number of fused-ring (bicyclic) bond motifs is 1. The minimum absolute atomic E-state index is 0.118. The van der Waals surface area contributed by atoms with Gasteiger partial charge in [0, 0.05) is 60.3 Å². The molecule has 11 nitrogen and oxygen atoms in total. The SMILES string of the molecule is CC(C)(C)c1nn(C2CCN(C(=O)O)CC2)cc1-c1ccc2c(c1)c(C(=O)Nc1ccncc1)nn2C1CCCCO1. The highest BCUT2D eigenvalue weighted by atomic mass is 16.5. The molecule has 2 amide bonds. The summed E-state index contributed by atoms with van der Waals surface area (Å²) in [5, 5.41) is 22.9. The molecule has 42 heavy (non-hydrogen) atoms. The number of ether oxygens (including phenoxy) is 1. The number of carbonyl (C=O) groups excluding carboxylic acids is 1. The molecule has 0 bridgehead atoms. The second-order valence-corrected chi connectivity index (χ2v) is 12.2. The van der Waals surface area contributed by atoms with Crippen LogP contribution in [0.1, 0.15) is 81.3 Å². The molecule has 3 aromatic heterocycles. The molecule has 11 heteroatoms. The monoisotopic (exact) mass is 571 g/mol. The molecule has 1 atom stereocenters. The van der Waals surface area contributed by atoms with Crippen molar-refractivity contribution in [2.24, 2.45) is 0 Å². The predicted octanol–water partition coefficient (Wildman–Crippen LogP) is 5.86. The van der Waals surface area contributed by atoms with Gasteiger partial charge < -0.3 is 20.1 Å². The van der Waals surface area contributed by atoms with Crippen molar-refractivity contribution < 1.29 is 19.4 Å². The number of carbonyl (C=O) groups is 2. The first-order valence-corrected chi connectivity index (χ1v) is 14.6. The molecular formula is C31H37N7O4. The predicted molar refractivity (Wildman–Crippen MR) is 159 cm³/mol. The zero-order valence-corrected chi connectivity index (χ0v) is 24.3. The first-order valence-electron chi connectivity index (χ1n) is 14.6. The molecule has 0 spiro atoms. The Morgan fingerprint density at radius 2 is 1.79 bits per heavy atom. The number of hydrogen-bond acceptors (Lipinski definition) is 6. The largest absolute Gasteiger partial charge is 0.465 e. The second-order valence-electron chi connectivity index (χ2n) is 12.2. The van der Waals surface area contributed by atoms with Gasteiger partial charge in [-0.25, -0.2) is 9.48 Å². The Hall–Kier alpha value is -4.25. The Morgan fingerprint density at radius 1 is 1.02 bits per heavy atom. The molecule has 2 aliphatic rings. The van der Waals surface area contributed by atoms with Crippen molar-refractivity contribution in [1.29, 1.82) is 0 Å². The average Bonchev–Trinajstić information content (AvgIpc) is 3.61. The van der Waals surface area contributed by atoms with Crippen LogP contribution in [0.15, 0.2) is 48.9 Å². The highest BCUT2D eigenvalue weighted by Gasteiger charge is 2.30. The van der Waals surface area contributed by atoms with E-state index in [4.69, 9.17) is 14.9 Å². The van der Waals surface area contributed by atoms with Crippen LogP contribution in [-0.2, 0) is 10.2 Å². The summed E-state index contributed by atoms with van der Waals surface area (Å²) < 4.78 is 9.92. The molecule has 6 rings (SSSR count). The van der Waals surface area contributed by atoms with Gasteiger partial charge in [0.15, 0.2) is 11.9 Å². The lowest BCUT2D eigenvalue weighted by Crippen LogP contribution is -2.38. The summed E-state index contributed by atoms with van der Waals surface area (Å²) in [6, 6.07) is 9.74. The van der Waals surface area contributed by atoms with E-state index in [1.54, 1.807) is 24.5 Å². The van der Waals surface area contributed by atoms with E-state index in [9.17, 15) is 14.7 Å². The molecule has 2 fully saturated rings. The Morgan fingerprint density at radius 3 is 2.45 bits per heavy atom. The normalized spacial score (nSPS) is 18.4. The number of rotatable bonds is 5. The molecule has 2 N–H and O–H groups in total. The number of amides is 2. The van der Waals surface area contributed by atoms with Gasteiger partial charge in [-0.1, -0.05) is 26.8 Å². The van der Waals surface area contributed by atoms with Gasteiger partial charge in [-0.2, -0.15) is 10.2 Å². The van der Waals surface area contributed by atoms with Crippen LogP contribution in [0.25, 0.3) is 22.0 Å². The van der Waals surface area contributed by atoms with Gasteiger partial charge in [-0.15, -0.1) is 0 Å². The quantitative estimate of drug-likeness (QED) is 0.307. The van der Waals surface area contributed by atoms with Crippen molar-refractivity contribution >= 4 is 28.6 Å². The molecule has 5 heterocycles. The standard InChI is InChI=1S/C31H37N7O4/c1-31(2,3)28-24(19-37(35-28)22-11-15-36(16-12-22)30(40)41)20-7-8-25-23(18-20)27(29(39)33-21-9-13-32-14-10-21)34-38(25)26-6-4-5-17-42-26/h7-10,13-14,18-19,22,26H,4-6,11-12,15-17H2,1-3H3,(H,40,41)(H,32,33,39). The van der Waals surface area contributed by atoms with E-state index in [1.807, 2.05) is 21.5 Å². The van der Waals surface area contributed by atoms with E-state index in [1.165, 1.54) is 4.90 Å². The number of likely N-dealkylation sites (tertiary alicyclic amines) is 1. The van der Waals surface area contributed by atoms with Crippen LogP contribution in [0.3, 0.4) is 0 Å². The van der Waals surface area contributed by atoms with Gasteiger partial charge in [-0.3, -0.25) is 14.5 Å². The van der Waals surface area contributed by atoms with E-state index in [-0.39, 0.29) is 23.6 Å². The van der Waals surface area contributed by atoms with Crippen LogP contribution in [0.4, 0.5) is 10.5 Å². The van der Waals surface area contributed by atoms with Crippen molar-refractivity contribution in [2.45, 2.75) is 70.6 Å². The van der Waals surface area contributed by atoms with Crippen molar-refractivity contribution in [1.82, 2.24) is 29.4 Å². The minimum atomic E-state index is -0.874. The number of piperidine rings is 1. The van der Waals surface area contributed by atoms with Gasteiger partial charge in [-0.05, 0) is 61.9 Å². The number of carboxylic acid groups (broad SMARTS) is 1. The minimum Gasteiger partial charge on any atom is -0.465 e. The topological polar surface area (TPSA) is 127 Å². The number of hydrogen-bond donors (Lipinski definition) is 2. The van der Waals surface area contributed by atoms with E-state index >= 15 is 0 Å². The maximum Gasteiger partial charge on any atom is 0.407 e. The lowest BCUT2D eigenvalue weighted by atomic mass is 9.87. The number of aromatic nitrogens is 5. The van der Waals surface area contributed by atoms with Crippen LogP contribution >= 0.6 is 0 Å². The molecular weight excluding hydrogens is 534 g/mol. The summed E-state index contributed by atoms with van der Waals surface area (Å²) >= 11 is 0. The van der Waals surface area contributed by atoms with Gasteiger partial charge in [0.25, 0.3) is 5.91 Å². The van der Waals surface area contributed by atoms with Gasteiger partial charge in [0.05, 0.1) is 17.3 Å². The summed E-state index contributed by atoms with van der Waals surface area (Å²) in [6.45, 7) is 8.07. The zero-order chi connectivity index (χ0) is 29.4. The molecule has 0 radical (unpaired) electrons. The van der Waals surface area contributed by atoms with Gasteiger partial charge in [0.2, 0.25) is 0 Å². The number of anilines is 1. The zero-order valence-electron chi connectivity index (χ0n) is 24.3. The molecule has 0 aliphatic carbocycles. The molecule has 1 aromatic carbocycles.